The maximum atomic E-state index is 10.6. The summed E-state index contributed by atoms with van der Waals surface area (Å²) in [6.45, 7) is 2.55. The van der Waals surface area contributed by atoms with Crippen molar-refractivity contribution in [3.8, 4) is 0 Å². The van der Waals surface area contributed by atoms with Crippen molar-refractivity contribution in [1.82, 2.24) is 9.88 Å². The summed E-state index contributed by atoms with van der Waals surface area (Å²) in [5.74, 6) is -0.410. The van der Waals surface area contributed by atoms with E-state index < -0.39 is 5.97 Å². The van der Waals surface area contributed by atoms with E-state index >= 15 is 0 Å². The predicted molar refractivity (Wildman–Crippen MR) is 80.5 cm³/mol. The fourth-order valence-electron chi connectivity index (χ4n) is 2.75. The highest BCUT2D eigenvalue weighted by Crippen LogP contribution is 2.28. The lowest BCUT2D eigenvalue weighted by Crippen LogP contribution is -2.46. The standard InChI is InChI=1S/C15H15BrN2O2/c16-13-4-3-11(15-12(13)2-1-5-17-15)9-18-7-10(8-18)6-14(19)20/h1-5,10H,6-9H2,(H,19,20). The van der Waals surface area contributed by atoms with E-state index in [1.54, 1.807) is 0 Å². The second-order valence-electron chi connectivity index (χ2n) is 5.26. The van der Waals surface area contributed by atoms with Crippen molar-refractivity contribution in [2.24, 2.45) is 5.92 Å². The number of nitrogens with zero attached hydrogens (tertiary/aromatic N) is 2. The third-order valence-electron chi connectivity index (χ3n) is 3.69. The van der Waals surface area contributed by atoms with Crippen molar-refractivity contribution >= 4 is 32.8 Å². The molecule has 1 aliphatic heterocycles. The number of carboxylic acid groups (broad SMARTS) is 1. The lowest BCUT2D eigenvalue weighted by molar-refractivity contribution is -0.139. The smallest absolute Gasteiger partial charge is 0.303 e. The Morgan fingerprint density at radius 3 is 2.95 bits per heavy atom. The highest BCUT2D eigenvalue weighted by molar-refractivity contribution is 9.10. The second-order valence-corrected chi connectivity index (χ2v) is 6.12. The molecule has 0 unspecified atom stereocenters. The first-order chi connectivity index (χ1) is 9.63. The van der Waals surface area contributed by atoms with Crippen LogP contribution in [0.15, 0.2) is 34.9 Å². The van der Waals surface area contributed by atoms with Crippen molar-refractivity contribution in [2.45, 2.75) is 13.0 Å². The average Bonchev–Trinajstić information content (AvgIpc) is 2.39. The Morgan fingerprint density at radius 2 is 2.20 bits per heavy atom. The minimum atomic E-state index is -0.703. The molecule has 4 nitrogen and oxygen atoms in total. The number of aliphatic carboxylic acids is 1. The number of hydrogen-bond donors (Lipinski definition) is 1. The first-order valence-electron chi connectivity index (χ1n) is 6.60. The van der Waals surface area contributed by atoms with Gasteiger partial charge in [0.25, 0.3) is 0 Å². The van der Waals surface area contributed by atoms with Crippen LogP contribution in [0, 0.1) is 5.92 Å². The summed E-state index contributed by atoms with van der Waals surface area (Å²) in [5, 5.41) is 9.88. The molecule has 0 radical (unpaired) electrons. The molecule has 2 heterocycles. The zero-order valence-electron chi connectivity index (χ0n) is 10.9. The van der Waals surface area contributed by atoms with E-state index in [1.165, 1.54) is 5.56 Å². The normalized spacial score (nSPS) is 16.2. The van der Waals surface area contributed by atoms with Crippen LogP contribution in [0.4, 0.5) is 0 Å². The molecular weight excluding hydrogens is 320 g/mol. The van der Waals surface area contributed by atoms with Gasteiger partial charge >= 0.3 is 5.97 Å². The van der Waals surface area contributed by atoms with Crippen molar-refractivity contribution in [3.63, 3.8) is 0 Å². The number of carbonyl (C=O) groups is 1. The van der Waals surface area contributed by atoms with Gasteiger partial charge in [0.2, 0.25) is 0 Å². The van der Waals surface area contributed by atoms with Gasteiger partial charge in [-0.3, -0.25) is 14.7 Å². The molecule has 0 amide bonds. The fourth-order valence-corrected chi connectivity index (χ4v) is 3.20. The topological polar surface area (TPSA) is 53.4 Å². The number of benzene rings is 1. The summed E-state index contributed by atoms with van der Waals surface area (Å²) in [7, 11) is 0. The number of hydrogen-bond acceptors (Lipinski definition) is 3. The van der Waals surface area contributed by atoms with E-state index in [4.69, 9.17) is 5.11 Å². The van der Waals surface area contributed by atoms with Crippen molar-refractivity contribution in [2.75, 3.05) is 13.1 Å². The van der Waals surface area contributed by atoms with E-state index in [-0.39, 0.29) is 6.42 Å². The summed E-state index contributed by atoms with van der Waals surface area (Å²) < 4.78 is 1.05. The maximum Gasteiger partial charge on any atom is 0.303 e. The van der Waals surface area contributed by atoms with E-state index in [9.17, 15) is 4.79 Å². The van der Waals surface area contributed by atoms with Crippen LogP contribution >= 0.6 is 15.9 Å². The van der Waals surface area contributed by atoms with Crippen LogP contribution in [0.3, 0.4) is 0 Å². The average molecular weight is 335 g/mol. The number of pyridine rings is 1. The Balaban J connectivity index is 1.73. The summed E-state index contributed by atoms with van der Waals surface area (Å²) in [6, 6.07) is 8.13. The van der Waals surface area contributed by atoms with Crippen molar-refractivity contribution < 1.29 is 9.90 Å². The van der Waals surface area contributed by atoms with Crippen LogP contribution < -0.4 is 0 Å². The molecule has 20 heavy (non-hydrogen) atoms. The van der Waals surface area contributed by atoms with Crippen LogP contribution in [0.5, 0.6) is 0 Å². The zero-order valence-corrected chi connectivity index (χ0v) is 12.5. The third-order valence-corrected chi connectivity index (χ3v) is 4.38. The number of carboxylic acids is 1. The predicted octanol–water partition coefficient (Wildman–Crippen LogP) is 2.90. The SMILES string of the molecule is O=C(O)CC1CN(Cc2ccc(Br)c3cccnc23)C1. The maximum absolute atomic E-state index is 10.6. The molecular formula is C15H15BrN2O2. The van der Waals surface area contributed by atoms with Gasteiger partial charge in [-0.1, -0.05) is 28.1 Å². The fraction of sp³-hybridized carbons (Fsp3) is 0.333. The third kappa shape index (κ3) is 2.69. The first kappa shape index (κ1) is 13.5. The minimum absolute atomic E-state index is 0.274. The lowest BCUT2D eigenvalue weighted by Gasteiger charge is -2.38. The Hall–Kier alpha value is -1.46. The van der Waals surface area contributed by atoms with Gasteiger partial charge in [-0.25, -0.2) is 0 Å². The molecule has 1 fully saturated rings. The zero-order chi connectivity index (χ0) is 14.1. The molecule has 1 aromatic carbocycles. The van der Waals surface area contributed by atoms with E-state index in [0.29, 0.717) is 5.92 Å². The largest absolute Gasteiger partial charge is 0.481 e. The lowest BCUT2D eigenvalue weighted by atomic mass is 9.95. The van der Waals surface area contributed by atoms with Gasteiger partial charge < -0.3 is 5.11 Å². The second kappa shape index (κ2) is 5.50. The summed E-state index contributed by atoms with van der Waals surface area (Å²) >= 11 is 3.55. The Morgan fingerprint density at radius 1 is 1.40 bits per heavy atom. The minimum Gasteiger partial charge on any atom is -0.481 e. The highest BCUT2D eigenvalue weighted by Gasteiger charge is 2.28. The summed E-state index contributed by atoms with van der Waals surface area (Å²) in [4.78, 5) is 17.4. The number of fused-ring (bicyclic) bond motifs is 1. The van der Waals surface area contributed by atoms with Gasteiger partial charge in [0.05, 0.1) is 11.9 Å². The molecule has 0 atom stereocenters. The van der Waals surface area contributed by atoms with Crippen LogP contribution in [0.2, 0.25) is 0 Å². The first-order valence-corrected chi connectivity index (χ1v) is 7.39. The van der Waals surface area contributed by atoms with Gasteiger partial charge in [0.1, 0.15) is 0 Å². The van der Waals surface area contributed by atoms with Gasteiger partial charge in [-0.15, -0.1) is 0 Å². The van der Waals surface area contributed by atoms with Gasteiger partial charge in [0, 0.05) is 35.7 Å². The highest BCUT2D eigenvalue weighted by atomic mass is 79.9. The molecule has 1 saturated heterocycles. The molecule has 0 spiro atoms. The number of halogens is 1. The van der Waals surface area contributed by atoms with Crippen molar-refractivity contribution in [3.05, 3.63) is 40.5 Å². The number of likely N-dealkylation sites (tertiary alicyclic amines) is 1. The van der Waals surface area contributed by atoms with Gasteiger partial charge in [-0.05, 0) is 23.6 Å². The number of aromatic nitrogens is 1. The van der Waals surface area contributed by atoms with Crippen LogP contribution in [-0.4, -0.2) is 34.0 Å². The Bertz CT molecular complexity index is 653. The van der Waals surface area contributed by atoms with Crippen LogP contribution in [0.25, 0.3) is 10.9 Å². The van der Waals surface area contributed by atoms with E-state index in [2.05, 4.69) is 37.9 Å². The van der Waals surface area contributed by atoms with E-state index in [0.717, 1.165) is 35.0 Å². The van der Waals surface area contributed by atoms with Crippen molar-refractivity contribution in [1.29, 1.82) is 0 Å². The molecule has 2 aromatic rings. The molecule has 5 heteroatoms. The molecule has 0 bridgehead atoms. The molecule has 1 aliphatic rings. The molecule has 1 aromatic heterocycles. The monoisotopic (exact) mass is 334 g/mol. The Kier molecular flexibility index (Phi) is 3.72. The molecule has 0 saturated carbocycles. The Labute approximate surface area is 125 Å². The number of rotatable bonds is 4. The molecule has 104 valence electrons. The van der Waals surface area contributed by atoms with Gasteiger partial charge in [-0.2, -0.15) is 0 Å². The van der Waals surface area contributed by atoms with E-state index in [1.807, 2.05) is 18.3 Å². The molecule has 3 rings (SSSR count). The quantitative estimate of drug-likeness (QED) is 0.933. The van der Waals surface area contributed by atoms with Crippen LogP contribution in [-0.2, 0) is 11.3 Å². The van der Waals surface area contributed by atoms with Gasteiger partial charge in [0.15, 0.2) is 0 Å². The molecule has 0 aliphatic carbocycles. The summed E-state index contributed by atoms with van der Waals surface area (Å²) in [5.41, 5.74) is 2.21. The molecule has 1 N–H and O–H groups in total. The summed E-state index contributed by atoms with van der Waals surface area (Å²) in [6.07, 6.45) is 2.08. The van der Waals surface area contributed by atoms with Crippen LogP contribution in [0.1, 0.15) is 12.0 Å².